The van der Waals surface area contributed by atoms with Crippen LogP contribution in [-0.4, -0.2) is 20.7 Å². The number of imidazole rings is 1. The lowest BCUT2D eigenvalue weighted by molar-refractivity contribution is 0.242. The molecule has 0 amide bonds. The number of nitrogens with zero attached hydrogens (tertiary/aromatic N) is 3. The summed E-state index contributed by atoms with van der Waals surface area (Å²) < 4.78 is 2.44. The molecule has 0 atom stereocenters. The van der Waals surface area contributed by atoms with Gasteiger partial charge in [0, 0.05) is 36.6 Å². The van der Waals surface area contributed by atoms with E-state index in [2.05, 4.69) is 126 Å². The van der Waals surface area contributed by atoms with Crippen molar-refractivity contribution in [3.63, 3.8) is 0 Å². The van der Waals surface area contributed by atoms with Crippen LogP contribution >= 0.6 is 11.8 Å². The van der Waals surface area contributed by atoms with Gasteiger partial charge in [-0.05, 0) is 46.7 Å². The molecule has 1 heterocycles. The number of aromatic nitrogens is 2. The van der Waals surface area contributed by atoms with Crippen LogP contribution in [0.5, 0.6) is 0 Å². The van der Waals surface area contributed by atoms with Crippen molar-refractivity contribution in [2.24, 2.45) is 0 Å². The first-order valence-corrected chi connectivity index (χ1v) is 14.4. The van der Waals surface area contributed by atoms with Gasteiger partial charge in [-0.1, -0.05) is 98.3 Å². The summed E-state index contributed by atoms with van der Waals surface area (Å²) in [6, 6.07) is 35.0. The van der Waals surface area contributed by atoms with Crippen LogP contribution in [0.15, 0.2) is 108 Å². The third-order valence-corrected chi connectivity index (χ3v) is 7.67. The predicted octanol–water partition coefficient (Wildman–Crippen LogP) is 8.43. The Morgan fingerprint density at radius 1 is 0.784 bits per heavy atom. The van der Waals surface area contributed by atoms with E-state index in [4.69, 9.17) is 4.98 Å². The van der Waals surface area contributed by atoms with Gasteiger partial charge < -0.3 is 4.57 Å². The molecule has 4 aromatic carbocycles. The summed E-state index contributed by atoms with van der Waals surface area (Å²) in [5, 5.41) is 2.63. The van der Waals surface area contributed by atoms with E-state index in [0.717, 1.165) is 44.8 Å². The Kier molecular flexibility index (Phi) is 8.39. The maximum absolute atomic E-state index is 4.91. The van der Waals surface area contributed by atoms with Crippen LogP contribution in [0.25, 0.3) is 22.2 Å². The quantitative estimate of drug-likeness (QED) is 0.168. The van der Waals surface area contributed by atoms with E-state index >= 15 is 0 Å². The van der Waals surface area contributed by atoms with E-state index < -0.39 is 0 Å². The van der Waals surface area contributed by atoms with Gasteiger partial charge in [-0.15, -0.1) is 11.8 Å². The Bertz CT molecular complexity index is 1420. The average Bonchev–Trinajstić information content (AvgIpc) is 3.35. The lowest BCUT2D eigenvalue weighted by Gasteiger charge is -2.24. The van der Waals surface area contributed by atoms with Gasteiger partial charge in [0.2, 0.25) is 0 Å². The molecule has 0 saturated heterocycles. The zero-order valence-corrected chi connectivity index (χ0v) is 22.6. The molecule has 5 rings (SSSR count). The maximum atomic E-state index is 4.91. The van der Waals surface area contributed by atoms with Gasteiger partial charge in [-0.2, -0.15) is 0 Å². The summed E-state index contributed by atoms with van der Waals surface area (Å²) in [6.07, 6.45) is 6.52. The standard InChI is InChI=1S/C33H35N3S/c1-3-4-21-36-30(22-34-33(36)28-12-6-5-7-13-28)25-35(23-26-17-19-31(37-2)20-18-26)24-29-15-10-14-27-11-8-9-16-32(27)29/h5-20,22H,3-4,21,23-25H2,1-2H3. The minimum atomic E-state index is 0.844. The van der Waals surface area contributed by atoms with Crippen LogP contribution in [0.2, 0.25) is 0 Å². The summed E-state index contributed by atoms with van der Waals surface area (Å²) in [6.45, 7) is 5.85. The van der Waals surface area contributed by atoms with E-state index in [1.807, 2.05) is 0 Å². The number of hydrogen-bond acceptors (Lipinski definition) is 3. The third-order valence-electron chi connectivity index (χ3n) is 6.93. The van der Waals surface area contributed by atoms with Gasteiger partial charge in [0.05, 0.1) is 11.9 Å². The third kappa shape index (κ3) is 6.15. The minimum Gasteiger partial charge on any atom is -0.327 e. The summed E-state index contributed by atoms with van der Waals surface area (Å²) in [7, 11) is 0. The first-order valence-electron chi connectivity index (χ1n) is 13.2. The average molecular weight is 506 g/mol. The number of hydrogen-bond donors (Lipinski definition) is 0. The number of rotatable bonds is 11. The highest BCUT2D eigenvalue weighted by Crippen LogP contribution is 2.25. The fraction of sp³-hybridized carbons (Fsp3) is 0.242. The largest absolute Gasteiger partial charge is 0.327 e. The van der Waals surface area contributed by atoms with Gasteiger partial charge in [0.25, 0.3) is 0 Å². The van der Waals surface area contributed by atoms with Crippen LogP contribution in [-0.2, 0) is 26.2 Å². The number of thioether (sulfide) groups is 1. The van der Waals surface area contributed by atoms with Crippen molar-refractivity contribution >= 4 is 22.5 Å². The van der Waals surface area contributed by atoms with Gasteiger partial charge >= 0.3 is 0 Å². The lowest BCUT2D eigenvalue weighted by Crippen LogP contribution is -2.24. The molecule has 0 unspecified atom stereocenters. The summed E-state index contributed by atoms with van der Waals surface area (Å²) in [4.78, 5) is 8.77. The molecule has 4 heteroatoms. The molecular formula is C33H35N3S. The van der Waals surface area contributed by atoms with Crippen molar-refractivity contribution in [3.8, 4) is 11.4 Å². The van der Waals surface area contributed by atoms with Crippen molar-refractivity contribution in [3.05, 3.63) is 120 Å². The second kappa shape index (κ2) is 12.3. The predicted molar refractivity (Wildman–Crippen MR) is 158 cm³/mol. The molecule has 37 heavy (non-hydrogen) atoms. The van der Waals surface area contributed by atoms with Gasteiger partial charge in [0.15, 0.2) is 0 Å². The first kappa shape index (κ1) is 25.3. The van der Waals surface area contributed by atoms with E-state index in [1.165, 1.54) is 38.1 Å². The Labute approximate surface area is 225 Å². The molecule has 0 fully saturated rings. The molecular weight excluding hydrogens is 470 g/mol. The van der Waals surface area contributed by atoms with E-state index in [9.17, 15) is 0 Å². The Balaban J connectivity index is 1.49. The van der Waals surface area contributed by atoms with Gasteiger partial charge in [-0.25, -0.2) is 4.98 Å². The van der Waals surface area contributed by atoms with Crippen LogP contribution in [0, 0.1) is 0 Å². The fourth-order valence-electron chi connectivity index (χ4n) is 4.98. The molecule has 0 aliphatic carbocycles. The van der Waals surface area contributed by atoms with Gasteiger partial charge in [0.1, 0.15) is 5.82 Å². The normalized spacial score (nSPS) is 11.4. The van der Waals surface area contributed by atoms with Crippen molar-refractivity contribution in [2.75, 3.05) is 6.26 Å². The first-order chi connectivity index (χ1) is 18.2. The number of unbranched alkanes of at least 4 members (excludes halogenated alkanes) is 1. The monoisotopic (exact) mass is 505 g/mol. The van der Waals surface area contributed by atoms with Gasteiger partial charge in [-0.3, -0.25) is 4.90 Å². The summed E-state index contributed by atoms with van der Waals surface area (Å²) in [5.41, 5.74) is 5.15. The molecule has 3 nitrogen and oxygen atoms in total. The topological polar surface area (TPSA) is 21.1 Å². The molecule has 0 radical (unpaired) electrons. The Morgan fingerprint density at radius 2 is 1.54 bits per heavy atom. The molecule has 188 valence electrons. The second-order valence-electron chi connectivity index (χ2n) is 9.58. The molecule has 5 aromatic rings. The second-order valence-corrected chi connectivity index (χ2v) is 10.5. The van der Waals surface area contributed by atoms with E-state index in [1.54, 1.807) is 11.8 Å². The van der Waals surface area contributed by atoms with Crippen LogP contribution in [0.4, 0.5) is 0 Å². The minimum absolute atomic E-state index is 0.844. The molecule has 0 bridgehead atoms. The zero-order chi connectivity index (χ0) is 25.5. The molecule has 0 N–H and O–H groups in total. The molecule has 0 saturated carbocycles. The SMILES string of the molecule is CCCCn1c(CN(Cc2ccc(SC)cc2)Cc2cccc3ccccc23)cnc1-c1ccccc1. The highest BCUT2D eigenvalue weighted by Gasteiger charge is 2.16. The van der Waals surface area contributed by atoms with Crippen molar-refractivity contribution < 1.29 is 0 Å². The van der Waals surface area contributed by atoms with Crippen LogP contribution < -0.4 is 0 Å². The number of fused-ring (bicyclic) bond motifs is 1. The molecule has 1 aromatic heterocycles. The number of benzene rings is 4. The van der Waals surface area contributed by atoms with Crippen LogP contribution in [0.3, 0.4) is 0 Å². The van der Waals surface area contributed by atoms with Crippen LogP contribution in [0.1, 0.15) is 36.6 Å². The smallest absolute Gasteiger partial charge is 0.140 e. The molecule has 0 aliphatic rings. The Morgan fingerprint density at radius 3 is 2.32 bits per heavy atom. The van der Waals surface area contributed by atoms with Crippen molar-refractivity contribution in [1.29, 1.82) is 0 Å². The zero-order valence-electron chi connectivity index (χ0n) is 21.8. The summed E-state index contributed by atoms with van der Waals surface area (Å²) >= 11 is 1.79. The highest BCUT2D eigenvalue weighted by molar-refractivity contribution is 7.98. The van der Waals surface area contributed by atoms with E-state index in [0.29, 0.717) is 0 Å². The molecule has 0 spiro atoms. The fourth-order valence-corrected chi connectivity index (χ4v) is 5.39. The lowest BCUT2D eigenvalue weighted by atomic mass is 10.0. The highest BCUT2D eigenvalue weighted by atomic mass is 32.2. The molecule has 0 aliphatic heterocycles. The Hall–Kier alpha value is -3.34. The maximum Gasteiger partial charge on any atom is 0.140 e. The van der Waals surface area contributed by atoms with Crippen molar-refractivity contribution in [2.45, 2.75) is 50.8 Å². The summed E-state index contributed by atoms with van der Waals surface area (Å²) in [5.74, 6) is 1.07. The van der Waals surface area contributed by atoms with Crippen molar-refractivity contribution in [1.82, 2.24) is 14.5 Å². The van der Waals surface area contributed by atoms with E-state index in [-0.39, 0.29) is 0 Å².